The van der Waals surface area contributed by atoms with Gasteiger partial charge in [-0.05, 0) is 12.1 Å². The first-order valence-electron chi connectivity index (χ1n) is 3.24. The number of anilines is 1. The van der Waals surface area contributed by atoms with Crippen molar-refractivity contribution in [1.82, 2.24) is 0 Å². The smallest absolute Gasteiger partial charge is 0.294 e. The van der Waals surface area contributed by atoms with Gasteiger partial charge >= 0.3 is 0 Å². The second kappa shape index (κ2) is 4.04. The topological polar surface area (TPSA) is 79.0 Å². The van der Waals surface area contributed by atoms with E-state index in [2.05, 4.69) is 3.53 Å². The summed E-state index contributed by atoms with van der Waals surface area (Å²) in [6, 6.07) is 6.10. The lowest BCUT2D eigenvalue weighted by Gasteiger charge is -1.99. The van der Waals surface area contributed by atoms with Gasteiger partial charge in [0.05, 0.1) is 39.4 Å². The molecular formula is C7H4IN3O2. The maximum Gasteiger partial charge on any atom is 0.294 e. The van der Waals surface area contributed by atoms with E-state index in [1.54, 1.807) is 22.9 Å². The van der Waals surface area contributed by atoms with Gasteiger partial charge in [-0.3, -0.25) is 10.1 Å². The molecule has 5 nitrogen and oxygen atoms in total. The molecule has 0 unspecified atom stereocenters. The van der Waals surface area contributed by atoms with Crippen molar-refractivity contribution in [3.63, 3.8) is 0 Å². The van der Waals surface area contributed by atoms with Crippen LogP contribution in [-0.2, 0) is 0 Å². The SMILES string of the molecule is N#Cc1ccc(NI)c([N+](=O)[O-])c1. The van der Waals surface area contributed by atoms with Crippen LogP contribution in [0.15, 0.2) is 18.2 Å². The molecule has 0 spiro atoms. The predicted molar refractivity (Wildman–Crippen MR) is 55.5 cm³/mol. The van der Waals surface area contributed by atoms with Gasteiger partial charge in [-0.25, -0.2) is 0 Å². The van der Waals surface area contributed by atoms with Gasteiger partial charge in [-0.1, -0.05) is 0 Å². The fraction of sp³-hybridized carbons (Fsp3) is 0. The first-order valence-corrected chi connectivity index (χ1v) is 4.32. The Morgan fingerprint density at radius 2 is 2.31 bits per heavy atom. The summed E-state index contributed by atoms with van der Waals surface area (Å²) in [4.78, 5) is 9.98. The Morgan fingerprint density at radius 1 is 1.62 bits per heavy atom. The van der Waals surface area contributed by atoms with Gasteiger partial charge < -0.3 is 3.53 Å². The molecule has 66 valence electrons. The standard InChI is InChI=1S/C7H4IN3O2/c8-10-6-2-1-5(4-9)3-7(6)11(12)13/h1-3,10H. The Hall–Kier alpha value is -1.36. The average molecular weight is 289 g/mol. The van der Waals surface area contributed by atoms with Gasteiger partial charge in [-0.2, -0.15) is 5.26 Å². The minimum atomic E-state index is -0.526. The average Bonchev–Trinajstić information content (AvgIpc) is 2.16. The predicted octanol–water partition coefficient (Wildman–Crippen LogP) is 2.23. The summed E-state index contributed by atoms with van der Waals surface area (Å²) in [6.45, 7) is 0. The number of nitriles is 1. The molecule has 13 heavy (non-hydrogen) atoms. The van der Waals surface area contributed by atoms with Crippen molar-refractivity contribution < 1.29 is 4.92 Å². The molecule has 0 aromatic heterocycles. The van der Waals surface area contributed by atoms with Crippen LogP contribution >= 0.6 is 22.9 Å². The molecule has 1 rings (SSSR count). The van der Waals surface area contributed by atoms with E-state index >= 15 is 0 Å². The zero-order valence-corrected chi connectivity index (χ0v) is 8.48. The fourth-order valence-electron chi connectivity index (χ4n) is 0.832. The molecule has 1 N–H and O–H groups in total. The second-order valence-corrected chi connectivity index (χ2v) is 2.73. The number of nitro benzene ring substituents is 1. The van der Waals surface area contributed by atoms with Gasteiger partial charge in [0.1, 0.15) is 5.69 Å². The molecule has 0 radical (unpaired) electrons. The highest BCUT2D eigenvalue weighted by molar-refractivity contribution is 14.1. The van der Waals surface area contributed by atoms with E-state index < -0.39 is 4.92 Å². The molecule has 0 aliphatic heterocycles. The number of nitrogens with one attached hydrogen (secondary N) is 1. The monoisotopic (exact) mass is 289 g/mol. The van der Waals surface area contributed by atoms with E-state index in [4.69, 9.17) is 5.26 Å². The number of nitro groups is 1. The molecule has 0 amide bonds. The number of hydrogen-bond donors (Lipinski definition) is 1. The third-order valence-corrected chi connectivity index (χ3v) is 2.01. The van der Waals surface area contributed by atoms with Crippen LogP contribution in [0.25, 0.3) is 0 Å². The minimum absolute atomic E-state index is 0.0894. The van der Waals surface area contributed by atoms with Crippen LogP contribution in [0.1, 0.15) is 5.56 Å². The zero-order chi connectivity index (χ0) is 9.84. The van der Waals surface area contributed by atoms with Crippen LogP contribution in [0.2, 0.25) is 0 Å². The number of benzene rings is 1. The Balaban J connectivity index is 3.28. The van der Waals surface area contributed by atoms with Crippen molar-refractivity contribution in [2.75, 3.05) is 3.53 Å². The Morgan fingerprint density at radius 3 is 2.77 bits per heavy atom. The van der Waals surface area contributed by atoms with Crippen molar-refractivity contribution in [3.8, 4) is 6.07 Å². The molecule has 0 atom stereocenters. The summed E-state index contributed by atoms with van der Waals surface area (Å²) < 4.78 is 2.65. The van der Waals surface area contributed by atoms with Gasteiger partial charge in [0.15, 0.2) is 0 Å². The van der Waals surface area contributed by atoms with Crippen LogP contribution in [0, 0.1) is 21.4 Å². The highest BCUT2D eigenvalue weighted by atomic mass is 127. The molecule has 0 saturated carbocycles. The van der Waals surface area contributed by atoms with Crippen LogP contribution in [0.4, 0.5) is 11.4 Å². The van der Waals surface area contributed by atoms with Gasteiger partial charge in [-0.15, -0.1) is 0 Å². The highest BCUT2D eigenvalue weighted by Crippen LogP contribution is 2.26. The molecule has 1 aromatic carbocycles. The number of hydrogen-bond acceptors (Lipinski definition) is 4. The van der Waals surface area contributed by atoms with Crippen LogP contribution in [-0.4, -0.2) is 4.92 Å². The van der Waals surface area contributed by atoms with Crippen molar-refractivity contribution in [2.24, 2.45) is 0 Å². The molecule has 6 heteroatoms. The largest absolute Gasteiger partial charge is 0.323 e. The molecule has 0 fully saturated rings. The Bertz CT molecular complexity index is 386. The Labute approximate surface area is 88.0 Å². The molecular weight excluding hydrogens is 285 g/mol. The summed E-state index contributed by atoms with van der Waals surface area (Å²) >= 11 is 1.80. The fourth-order valence-corrected chi connectivity index (χ4v) is 1.29. The maximum absolute atomic E-state index is 10.5. The van der Waals surface area contributed by atoms with Crippen molar-refractivity contribution in [3.05, 3.63) is 33.9 Å². The number of rotatable bonds is 2. The number of halogens is 1. The van der Waals surface area contributed by atoms with E-state index in [1.807, 2.05) is 6.07 Å². The lowest BCUT2D eigenvalue weighted by Crippen LogP contribution is -1.93. The van der Waals surface area contributed by atoms with E-state index in [1.165, 1.54) is 18.2 Å². The van der Waals surface area contributed by atoms with Crippen LogP contribution in [0.5, 0.6) is 0 Å². The van der Waals surface area contributed by atoms with E-state index in [0.29, 0.717) is 5.69 Å². The molecule has 0 aliphatic carbocycles. The van der Waals surface area contributed by atoms with Crippen LogP contribution < -0.4 is 3.53 Å². The first-order chi connectivity index (χ1) is 6.19. The highest BCUT2D eigenvalue weighted by Gasteiger charge is 2.13. The second-order valence-electron chi connectivity index (χ2n) is 2.20. The molecule has 0 aliphatic rings. The van der Waals surface area contributed by atoms with Crippen molar-refractivity contribution in [2.45, 2.75) is 0 Å². The molecule has 0 heterocycles. The quantitative estimate of drug-likeness (QED) is 0.392. The normalized spacial score (nSPS) is 8.92. The van der Waals surface area contributed by atoms with Crippen molar-refractivity contribution >= 4 is 34.2 Å². The first kappa shape index (κ1) is 9.73. The molecule has 0 bridgehead atoms. The zero-order valence-electron chi connectivity index (χ0n) is 6.32. The summed E-state index contributed by atoms with van der Waals surface area (Å²) in [6.07, 6.45) is 0. The third kappa shape index (κ3) is 2.06. The number of nitrogens with zero attached hydrogens (tertiary/aromatic N) is 2. The summed E-state index contributed by atoms with van der Waals surface area (Å²) in [7, 11) is 0. The van der Waals surface area contributed by atoms with Gasteiger partial charge in [0, 0.05) is 6.07 Å². The van der Waals surface area contributed by atoms with Crippen molar-refractivity contribution in [1.29, 1.82) is 5.26 Å². The van der Waals surface area contributed by atoms with Crippen LogP contribution in [0.3, 0.4) is 0 Å². The molecule has 1 aromatic rings. The maximum atomic E-state index is 10.5. The lowest BCUT2D eigenvalue weighted by molar-refractivity contribution is -0.383. The third-order valence-electron chi connectivity index (χ3n) is 1.43. The van der Waals surface area contributed by atoms with Gasteiger partial charge in [0.25, 0.3) is 5.69 Å². The lowest BCUT2D eigenvalue weighted by atomic mass is 10.2. The molecule has 0 saturated heterocycles. The summed E-state index contributed by atoms with van der Waals surface area (Å²) in [5.74, 6) is 0. The summed E-state index contributed by atoms with van der Waals surface area (Å²) in [5, 5.41) is 19.0. The van der Waals surface area contributed by atoms with E-state index in [0.717, 1.165) is 0 Å². The minimum Gasteiger partial charge on any atom is -0.323 e. The Kier molecular flexibility index (Phi) is 3.02. The van der Waals surface area contributed by atoms with E-state index in [-0.39, 0.29) is 11.3 Å². The van der Waals surface area contributed by atoms with Gasteiger partial charge in [0.2, 0.25) is 0 Å². The summed E-state index contributed by atoms with van der Waals surface area (Å²) in [5.41, 5.74) is 0.583. The van der Waals surface area contributed by atoms with E-state index in [9.17, 15) is 10.1 Å².